The lowest BCUT2D eigenvalue weighted by Gasteiger charge is -2.38. The first-order valence-electron chi connectivity index (χ1n) is 9.33. The number of hydrogen-bond donors (Lipinski definition) is 0. The van der Waals surface area contributed by atoms with Crippen molar-refractivity contribution in [3.8, 4) is 11.3 Å². The molecule has 2 aromatic rings. The molecule has 1 aliphatic heterocycles. The minimum absolute atomic E-state index is 0.0309. The Balaban J connectivity index is 1.51. The maximum absolute atomic E-state index is 13.1. The molecule has 0 unspecified atom stereocenters. The molecule has 0 spiro atoms. The van der Waals surface area contributed by atoms with E-state index in [1.807, 2.05) is 30.3 Å². The lowest BCUT2D eigenvalue weighted by molar-refractivity contribution is 0.0544. The third-order valence-corrected chi connectivity index (χ3v) is 5.36. The van der Waals surface area contributed by atoms with Crippen LogP contribution in [0.5, 0.6) is 0 Å². The van der Waals surface area contributed by atoms with E-state index in [-0.39, 0.29) is 5.91 Å². The van der Waals surface area contributed by atoms with Gasteiger partial charge in [-0.05, 0) is 32.2 Å². The van der Waals surface area contributed by atoms with Crippen LogP contribution in [-0.2, 0) is 0 Å². The molecule has 2 heterocycles. The van der Waals surface area contributed by atoms with E-state index in [1.54, 1.807) is 6.07 Å². The van der Waals surface area contributed by atoms with Crippen LogP contribution in [-0.4, -0.2) is 52.6 Å². The number of carbonyl (C=O) groups is 1. The van der Waals surface area contributed by atoms with Gasteiger partial charge in [0, 0.05) is 36.8 Å². The van der Waals surface area contributed by atoms with E-state index in [0.29, 0.717) is 23.5 Å². The van der Waals surface area contributed by atoms with Gasteiger partial charge >= 0.3 is 0 Å². The first-order valence-corrected chi connectivity index (χ1v) is 9.33. The smallest absolute Gasteiger partial charge is 0.276 e. The molecule has 25 heavy (non-hydrogen) atoms. The molecule has 132 valence electrons. The summed E-state index contributed by atoms with van der Waals surface area (Å²) in [6.07, 6.45) is 4.34. The van der Waals surface area contributed by atoms with E-state index in [1.165, 1.54) is 0 Å². The van der Waals surface area contributed by atoms with Crippen LogP contribution < -0.4 is 0 Å². The zero-order valence-corrected chi connectivity index (χ0v) is 14.7. The van der Waals surface area contributed by atoms with Gasteiger partial charge in [-0.1, -0.05) is 42.4 Å². The molecule has 0 radical (unpaired) electrons. The molecule has 0 atom stereocenters. The molecule has 1 aromatic carbocycles. The summed E-state index contributed by atoms with van der Waals surface area (Å²) >= 11 is 0. The normalized spacial score (nSPS) is 19.1. The first kappa shape index (κ1) is 16.3. The Labute approximate surface area is 148 Å². The number of amides is 1. The van der Waals surface area contributed by atoms with Gasteiger partial charge in [0.05, 0.1) is 0 Å². The Morgan fingerprint density at radius 3 is 2.48 bits per heavy atom. The Hall–Kier alpha value is -2.14. The fourth-order valence-corrected chi connectivity index (χ4v) is 3.74. The average molecular weight is 339 g/mol. The number of rotatable bonds is 5. The molecule has 1 aromatic heterocycles. The van der Waals surface area contributed by atoms with Gasteiger partial charge in [0.25, 0.3) is 5.91 Å². The van der Waals surface area contributed by atoms with E-state index >= 15 is 0 Å². The van der Waals surface area contributed by atoms with Gasteiger partial charge in [0.2, 0.25) is 0 Å². The number of piperidine rings is 1. The number of benzene rings is 1. The van der Waals surface area contributed by atoms with Gasteiger partial charge in [-0.25, -0.2) is 0 Å². The average Bonchev–Trinajstić information content (AvgIpc) is 3.37. The fraction of sp³-hybridized carbons (Fsp3) is 0.500. The molecule has 0 bridgehead atoms. The molecule has 2 fully saturated rings. The molecule has 1 saturated carbocycles. The lowest BCUT2D eigenvalue weighted by atomic mass is 10.0. The van der Waals surface area contributed by atoms with Crippen LogP contribution in [0.15, 0.2) is 40.9 Å². The number of nitrogens with zero attached hydrogens (tertiary/aromatic N) is 3. The topological polar surface area (TPSA) is 49.6 Å². The lowest BCUT2D eigenvalue weighted by Crippen LogP contribution is -2.48. The van der Waals surface area contributed by atoms with Crippen molar-refractivity contribution in [2.45, 2.75) is 44.7 Å². The van der Waals surface area contributed by atoms with E-state index < -0.39 is 0 Å². The zero-order valence-electron chi connectivity index (χ0n) is 14.7. The summed E-state index contributed by atoms with van der Waals surface area (Å²) in [5.74, 6) is 0.684. The molecule has 4 rings (SSSR count). The van der Waals surface area contributed by atoms with Gasteiger partial charge < -0.3 is 14.3 Å². The number of likely N-dealkylation sites (tertiary alicyclic amines) is 1. The van der Waals surface area contributed by atoms with Gasteiger partial charge in [-0.15, -0.1) is 0 Å². The van der Waals surface area contributed by atoms with Crippen LogP contribution in [0, 0.1) is 0 Å². The van der Waals surface area contributed by atoms with Crippen molar-refractivity contribution < 1.29 is 9.32 Å². The van der Waals surface area contributed by atoms with Crippen molar-refractivity contribution in [3.63, 3.8) is 0 Å². The molecule has 5 heteroatoms. The molecule has 5 nitrogen and oxygen atoms in total. The molecule has 1 amide bonds. The SMILES string of the molecule is CCN1CCC(N(C(=O)c2cc(-c3ccccc3)on2)C2CC2)CC1. The van der Waals surface area contributed by atoms with Crippen LogP contribution in [0.25, 0.3) is 11.3 Å². The second kappa shape index (κ2) is 7.00. The molecule has 1 saturated heterocycles. The predicted octanol–water partition coefficient (Wildman–Crippen LogP) is 3.43. The first-order chi connectivity index (χ1) is 12.3. The summed E-state index contributed by atoms with van der Waals surface area (Å²) in [6.45, 7) is 5.44. The highest BCUT2D eigenvalue weighted by Gasteiger charge is 2.39. The Bertz CT molecular complexity index is 716. The monoisotopic (exact) mass is 339 g/mol. The highest BCUT2D eigenvalue weighted by Crippen LogP contribution is 2.33. The largest absolute Gasteiger partial charge is 0.355 e. The highest BCUT2D eigenvalue weighted by molar-refractivity contribution is 5.93. The van der Waals surface area contributed by atoms with Crippen molar-refractivity contribution in [2.24, 2.45) is 0 Å². The molecule has 2 aliphatic rings. The minimum Gasteiger partial charge on any atom is -0.355 e. The maximum Gasteiger partial charge on any atom is 0.276 e. The van der Waals surface area contributed by atoms with Crippen molar-refractivity contribution in [2.75, 3.05) is 19.6 Å². The summed E-state index contributed by atoms with van der Waals surface area (Å²) in [4.78, 5) is 17.7. The maximum atomic E-state index is 13.1. The Kier molecular flexibility index (Phi) is 4.57. The number of aromatic nitrogens is 1. The van der Waals surface area contributed by atoms with Crippen LogP contribution >= 0.6 is 0 Å². The van der Waals surface area contributed by atoms with Gasteiger partial charge in [-0.2, -0.15) is 0 Å². The Morgan fingerprint density at radius 2 is 1.84 bits per heavy atom. The highest BCUT2D eigenvalue weighted by atomic mass is 16.5. The summed E-state index contributed by atoms with van der Waals surface area (Å²) < 4.78 is 5.44. The van der Waals surface area contributed by atoms with Crippen molar-refractivity contribution in [3.05, 3.63) is 42.1 Å². The van der Waals surface area contributed by atoms with Crippen LogP contribution in [0.4, 0.5) is 0 Å². The number of carbonyl (C=O) groups excluding carboxylic acids is 1. The van der Waals surface area contributed by atoms with E-state index in [0.717, 1.165) is 50.9 Å². The summed E-state index contributed by atoms with van der Waals surface area (Å²) in [5, 5.41) is 4.07. The quantitative estimate of drug-likeness (QED) is 0.837. The van der Waals surface area contributed by atoms with Crippen molar-refractivity contribution in [1.29, 1.82) is 0 Å². The second-order valence-electron chi connectivity index (χ2n) is 7.05. The van der Waals surface area contributed by atoms with E-state index in [2.05, 4.69) is 21.9 Å². The Morgan fingerprint density at radius 1 is 1.16 bits per heavy atom. The van der Waals surface area contributed by atoms with E-state index in [4.69, 9.17) is 4.52 Å². The van der Waals surface area contributed by atoms with Crippen LogP contribution in [0.3, 0.4) is 0 Å². The van der Waals surface area contributed by atoms with Crippen molar-refractivity contribution >= 4 is 5.91 Å². The molecule has 0 N–H and O–H groups in total. The molecular formula is C20H25N3O2. The summed E-state index contributed by atoms with van der Waals surface area (Å²) in [6, 6.07) is 12.3. The van der Waals surface area contributed by atoms with Crippen LogP contribution in [0.2, 0.25) is 0 Å². The predicted molar refractivity (Wildman–Crippen MR) is 96.3 cm³/mol. The third-order valence-electron chi connectivity index (χ3n) is 5.36. The van der Waals surface area contributed by atoms with Gasteiger partial charge in [-0.3, -0.25) is 4.79 Å². The van der Waals surface area contributed by atoms with Gasteiger partial charge in [0.15, 0.2) is 11.5 Å². The molecule has 1 aliphatic carbocycles. The third kappa shape index (κ3) is 3.47. The summed E-state index contributed by atoms with van der Waals surface area (Å²) in [7, 11) is 0. The van der Waals surface area contributed by atoms with Crippen LogP contribution in [0.1, 0.15) is 43.1 Å². The summed E-state index contributed by atoms with van der Waals surface area (Å²) in [5.41, 5.74) is 1.38. The van der Waals surface area contributed by atoms with E-state index in [9.17, 15) is 4.79 Å². The van der Waals surface area contributed by atoms with Gasteiger partial charge in [0.1, 0.15) is 0 Å². The number of hydrogen-bond acceptors (Lipinski definition) is 4. The molecular weight excluding hydrogens is 314 g/mol. The fourth-order valence-electron chi connectivity index (χ4n) is 3.74. The minimum atomic E-state index is 0.0309. The second-order valence-corrected chi connectivity index (χ2v) is 7.05. The zero-order chi connectivity index (χ0) is 17.2. The standard InChI is InChI=1S/C20H25N3O2/c1-2-22-12-10-17(11-13-22)23(16-8-9-16)20(24)18-14-19(25-21-18)15-6-4-3-5-7-15/h3-7,14,16-17H,2,8-13H2,1H3. The van der Waals surface area contributed by atoms with Crippen molar-refractivity contribution in [1.82, 2.24) is 15.0 Å².